The van der Waals surface area contributed by atoms with Gasteiger partial charge in [0.05, 0.1) is 17.0 Å². The lowest BCUT2D eigenvalue weighted by atomic mass is 10.1. The Bertz CT molecular complexity index is 1380. The van der Waals surface area contributed by atoms with Gasteiger partial charge in [-0.25, -0.2) is 14.4 Å². The van der Waals surface area contributed by atoms with Crippen molar-refractivity contribution in [1.82, 2.24) is 24.6 Å². The molecule has 4 aromatic rings. The molecule has 3 heterocycles. The molecule has 0 aliphatic rings. The second kappa shape index (κ2) is 8.48. The van der Waals surface area contributed by atoms with E-state index >= 15 is 4.39 Å². The normalized spacial score (nSPS) is 12.7. The number of rotatable bonds is 5. The molecule has 0 saturated carbocycles. The van der Waals surface area contributed by atoms with Crippen molar-refractivity contribution in [2.75, 3.05) is 11.1 Å². The van der Waals surface area contributed by atoms with Gasteiger partial charge in [-0.05, 0) is 26.0 Å². The van der Waals surface area contributed by atoms with Crippen LogP contribution in [-0.4, -0.2) is 42.8 Å². The first-order valence-corrected chi connectivity index (χ1v) is 10.0. The number of fused-ring (bicyclic) bond motifs is 1. The largest absolute Gasteiger partial charge is 0.480 e. The zero-order valence-electron chi connectivity index (χ0n) is 17.5. The fourth-order valence-electron chi connectivity index (χ4n) is 3.10. The minimum atomic E-state index is -4.74. The van der Waals surface area contributed by atoms with E-state index in [9.17, 15) is 18.0 Å². The second-order valence-corrected chi connectivity index (χ2v) is 7.63. The highest BCUT2D eigenvalue weighted by Crippen LogP contribution is 2.34. The van der Waals surface area contributed by atoms with Gasteiger partial charge in [0.15, 0.2) is 17.6 Å². The number of carbonyl (C=O) groups is 1. The molecule has 14 heteroatoms. The monoisotopic (exact) mass is 497 g/mol. The number of anilines is 2. The summed E-state index contributed by atoms with van der Waals surface area (Å²) in [5.74, 6) is -2.46. The number of amides is 1. The number of halogens is 5. The van der Waals surface area contributed by atoms with Crippen molar-refractivity contribution in [2.24, 2.45) is 0 Å². The molecule has 0 aliphatic heterocycles. The quantitative estimate of drug-likeness (QED) is 0.351. The fraction of sp³-hybridized carbons (Fsp3) is 0.200. The Hall–Kier alpha value is -3.87. The van der Waals surface area contributed by atoms with Crippen molar-refractivity contribution in [2.45, 2.75) is 26.1 Å². The highest BCUT2D eigenvalue weighted by Gasteiger charge is 2.39. The lowest BCUT2D eigenvalue weighted by Crippen LogP contribution is -2.32. The van der Waals surface area contributed by atoms with Crippen LogP contribution in [0, 0.1) is 12.7 Å². The first kappa shape index (κ1) is 23.3. The van der Waals surface area contributed by atoms with Crippen LogP contribution >= 0.6 is 11.6 Å². The summed E-state index contributed by atoms with van der Waals surface area (Å²) >= 11 is 5.94. The van der Waals surface area contributed by atoms with Gasteiger partial charge < -0.3 is 20.2 Å². The second-order valence-electron chi connectivity index (χ2n) is 7.25. The number of nitrogens with two attached hydrogens (primary N) is 1. The number of nitrogen functional groups attached to an aromatic ring is 1. The number of aromatic amines is 1. The van der Waals surface area contributed by atoms with E-state index in [1.165, 1.54) is 29.9 Å². The standard InChI is InChI=1S/C20H16ClF4N7O2/c1-8-15(16(21)31-30-8)29-19(33)11-5-12(22)10(6-14(11)34-9(2)20(23,24)25)13-7-32-4-3-27-18(32)17(26)28-13/h3-7,9H,1-2H3,(H2,26,28)(H,29,33)(H,30,31)/t9-/m0/s1. The summed E-state index contributed by atoms with van der Waals surface area (Å²) in [7, 11) is 0. The van der Waals surface area contributed by atoms with Crippen molar-refractivity contribution in [3.05, 3.63) is 53.0 Å². The zero-order chi connectivity index (χ0) is 24.8. The minimum absolute atomic E-state index is 0.00862. The molecule has 0 fully saturated rings. The van der Waals surface area contributed by atoms with E-state index in [0.29, 0.717) is 11.3 Å². The predicted octanol–water partition coefficient (Wildman–Crippen LogP) is 4.38. The summed E-state index contributed by atoms with van der Waals surface area (Å²) in [4.78, 5) is 21.0. The molecule has 9 nitrogen and oxygen atoms in total. The van der Waals surface area contributed by atoms with Crippen LogP contribution in [0.3, 0.4) is 0 Å². The lowest BCUT2D eigenvalue weighted by molar-refractivity contribution is -0.189. The molecule has 178 valence electrons. The highest BCUT2D eigenvalue weighted by atomic mass is 35.5. The number of aromatic nitrogens is 5. The van der Waals surface area contributed by atoms with E-state index in [1.807, 2.05) is 0 Å². The topological polar surface area (TPSA) is 123 Å². The molecule has 0 unspecified atom stereocenters. The summed E-state index contributed by atoms with van der Waals surface area (Å²) in [6, 6.07) is 1.71. The van der Waals surface area contributed by atoms with Gasteiger partial charge in [0.2, 0.25) is 0 Å². The van der Waals surface area contributed by atoms with Gasteiger partial charge >= 0.3 is 6.18 Å². The van der Waals surface area contributed by atoms with Crippen molar-refractivity contribution < 1.29 is 27.1 Å². The van der Waals surface area contributed by atoms with Crippen LogP contribution in [0.5, 0.6) is 5.75 Å². The zero-order valence-corrected chi connectivity index (χ0v) is 18.3. The first-order valence-electron chi connectivity index (χ1n) is 9.64. The summed E-state index contributed by atoms with van der Waals surface area (Å²) in [5.41, 5.74) is 5.84. The molecule has 4 N–H and O–H groups in total. The van der Waals surface area contributed by atoms with Gasteiger partial charge in [0.1, 0.15) is 22.4 Å². The summed E-state index contributed by atoms with van der Waals surface area (Å²) < 4.78 is 61.3. The lowest BCUT2D eigenvalue weighted by Gasteiger charge is -2.20. The van der Waals surface area contributed by atoms with Crippen molar-refractivity contribution in [3.8, 4) is 17.0 Å². The van der Waals surface area contributed by atoms with Crippen LogP contribution in [0.15, 0.2) is 30.7 Å². The van der Waals surface area contributed by atoms with Gasteiger partial charge in [-0.15, -0.1) is 0 Å². The van der Waals surface area contributed by atoms with E-state index in [-0.39, 0.29) is 27.9 Å². The molecular formula is C20H16ClF4N7O2. The van der Waals surface area contributed by atoms with E-state index in [2.05, 4.69) is 25.5 Å². The highest BCUT2D eigenvalue weighted by molar-refractivity contribution is 6.33. The Kier molecular flexibility index (Phi) is 5.81. The van der Waals surface area contributed by atoms with Gasteiger partial charge in [-0.2, -0.15) is 18.3 Å². The number of imidazole rings is 1. The third kappa shape index (κ3) is 4.33. The Labute approximate surface area is 193 Å². The number of hydrogen-bond acceptors (Lipinski definition) is 6. The van der Waals surface area contributed by atoms with Crippen LogP contribution in [0.2, 0.25) is 5.15 Å². The summed E-state index contributed by atoms with van der Waals surface area (Å²) in [6.45, 7) is 2.29. The Balaban J connectivity index is 1.82. The van der Waals surface area contributed by atoms with Gasteiger partial charge in [0.25, 0.3) is 5.91 Å². The van der Waals surface area contributed by atoms with Crippen LogP contribution in [0.4, 0.5) is 29.1 Å². The Morgan fingerprint density at radius 3 is 2.74 bits per heavy atom. The molecule has 0 bridgehead atoms. The number of aryl methyl sites for hydroxylation is 1. The van der Waals surface area contributed by atoms with Gasteiger partial charge in [-0.3, -0.25) is 9.89 Å². The average Bonchev–Trinajstić information content (AvgIpc) is 3.36. The van der Waals surface area contributed by atoms with Crippen molar-refractivity contribution in [3.63, 3.8) is 0 Å². The number of nitrogens with one attached hydrogen (secondary N) is 2. The molecule has 0 aliphatic carbocycles. The SMILES string of the molecule is Cc1n[nH]c(Cl)c1NC(=O)c1cc(F)c(-c2cn3ccnc3c(N)n2)cc1O[C@@H](C)C(F)(F)F. The number of nitrogens with zero attached hydrogens (tertiary/aromatic N) is 4. The predicted molar refractivity (Wildman–Crippen MR) is 115 cm³/mol. The number of carbonyl (C=O) groups excluding carboxylic acids is 1. The Morgan fingerprint density at radius 2 is 2.09 bits per heavy atom. The fourth-order valence-corrected chi connectivity index (χ4v) is 3.32. The molecule has 0 saturated heterocycles. The number of H-pyrrole nitrogens is 1. The number of alkyl halides is 3. The third-order valence-electron chi connectivity index (χ3n) is 4.90. The smallest absolute Gasteiger partial charge is 0.425 e. The Morgan fingerprint density at radius 1 is 1.35 bits per heavy atom. The molecule has 0 spiro atoms. The number of ether oxygens (including phenoxy) is 1. The number of hydrogen-bond donors (Lipinski definition) is 3. The first-order chi connectivity index (χ1) is 16.0. The van der Waals surface area contributed by atoms with Gasteiger partial charge in [0, 0.05) is 24.2 Å². The van der Waals surface area contributed by atoms with E-state index in [4.69, 9.17) is 22.1 Å². The molecule has 1 amide bonds. The maximum Gasteiger partial charge on any atom is 0.425 e. The maximum atomic E-state index is 15.1. The van der Waals surface area contributed by atoms with Gasteiger partial charge in [-0.1, -0.05) is 11.6 Å². The molecule has 4 rings (SSSR count). The molecule has 34 heavy (non-hydrogen) atoms. The summed E-state index contributed by atoms with van der Waals surface area (Å²) in [5, 5.41) is 8.64. The van der Waals surface area contributed by atoms with E-state index < -0.39 is 35.3 Å². The van der Waals surface area contributed by atoms with E-state index in [1.54, 1.807) is 0 Å². The van der Waals surface area contributed by atoms with Crippen molar-refractivity contribution in [1.29, 1.82) is 0 Å². The summed E-state index contributed by atoms with van der Waals surface area (Å²) in [6.07, 6.45) is -2.67. The van der Waals surface area contributed by atoms with Crippen LogP contribution in [0.25, 0.3) is 16.9 Å². The molecule has 1 aromatic carbocycles. The van der Waals surface area contributed by atoms with Crippen LogP contribution in [-0.2, 0) is 0 Å². The minimum Gasteiger partial charge on any atom is -0.480 e. The average molecular weight is 498 g/mol. The molecule has 3 aromatic heterocycles. The van der Waals surface area contributed by atoms with Crippen molar-refractivity contribution >= 4 is 34.7 Å². The third-order valence-corrected chi connectivity index (χ3v) is 5.17. The molecular weight excluding hydrogens is 482 g/mol. The number of benzene rings is 1. The van der Waals surface area contributed by atoms with E-state index in [0.717, 1.165) is 19.1 Å². The molecule has 0 radical (unpaired) electrons. The van der Waals surface area contributed by atoms with Crippen LogP contribution < -0.4 is 15.8 Å². The maximum absolute atomic E-state index is 15.1. The van der Waals surface area contributed by atoms with Crippen LogP contribution in [0.1, 0.15) is 23.0 Å². The molecule has 1 atom stereocenters.